The zero-order valence-electron chi connectivity index (χ0n) is 12.7. The summed E-state index contributed by atoms with van der Waals surface area (Å²) >= 11 is 0. The number of hydrogen-bond donors (Lipinski definition) is 2. The highest BCUT2D eigenvalue weighted by molar-refractivity contribution is 5.88. The van der Waals surface area contributed by atoms with Gasteiger partial charge in [0.15, 0.2) is 0 Å². The molecule has 0 unspecified atom stereocenters. The van der Waals surface area contributed by atoms with Crippen LogP contribution in [0.25, 0.3) is 10.8 Å². The van der Waals surface area contributed by atoms with E-state index in [1.165, 1.54) is 16.5 Å². The predicted molar refractivity (Wildman–Crippen MR) is 84.6 cm³/mol. The second kappa shape index (κ2) is 4.01. The first-order valence-corrected chi connectivity index (χ1v) is 7.89. The molecule has 0 aromatic heterocycles. The van der Waals surface area contributed by atoms with Gasteiger partial charge >= 0.3 is 0 Å². The van der Waals surface area contributed by atoms with Gasteiger partial charge in [-0.1, -0.05) is 25.1 Å². The highest BCUT2D eigenvalue weighted by Crippen LogP contribution is 2.60. The van der Waals surface area contributed by atoms with Crippen LogP contribution in [-0.4, -0.2) is 15.8 Å². The van der Waals surface area contributed by atoms with Gasteiger partial charge in [0.1, 0.15) is 5.75 Å². The van der Waals surface area contributed by atoms with Crippen LogP contribution in [0.5, 0.6) is 5.75 Å². The number of rotatable bonds is 0. The van der Waals surface area contributed by atoms with E-state index in [1.54, 1.807) is 6.07 Å². The number of benzene rings is 2. The molecule has 110 valence electrons. The van der Waals surface area contributed by atoms with Crippen LogP contribution in [0.4, 0.5) is 0 Å². The van der Waals surface area contributed by atoms with Crippen LogP contribution in [0.3, 0.4) is 0 Å². The van der Waals surface area contributed by atoms with Crippen molar-refractivity contribution in [1.82, 2.24) is 0 Å². The first-order chi connectivity index (χ1) is 9.92. The smallest absolute Gasteiger partial charge is 0.116 e. The Morgan fingerprint density at radius 2 is 1.90 bits per heavy atom. The summed E-state index contributed by atoms with van der Waals surface area (Å²) in [5.41, 5.74) is 2.27. The predicted octanol–water partition coefficient (Wildman–Crippen LogP) is 4.13. The maximum atomic E-state index is 10.8. The fourth-order valence-electron chi connectivity index (χ4n) is 4.74. The van der Waals surface area contributed by atoms with E-state index in [0.717, 1.165) is 31.1 Å². The first kappa shape index (κ1) is 13.1. The van der Waals surface area contributed by atoms with Gasteiger partial charge in [-0.2, -0.15) is 0 Å². The quantitative estimate of drug-likeness (QED) is 0.763. The number of hydrogen-bond acceptors (Lipinski definition) is 2. The van der Waals surface area contributed by atoms with Gasteiger partial charge in [-0.25, -0.2) is 0 Å². The lowest BCUT2D eigenvalue weighted by atomic mass is 9.62. The van der Waals surface area contributed by atoms with E-state index in [1.807, 2.05) is 19.1 Å². The summed E-state index contributed by atoms with van der Waals surface area (Å²) < 4.78 is 0. The SMILES string of the molecule is C[C@]12CCc3c(ccc4cc(O)ccc34)[C@@H]1CC[C@@]2(C)O. The van der Waals surface area contributed by atoms with Gasteiger partial charge in [-0.15, -0.1) is 0 Å². The zero-order valence-corrected chi connectivity index (χ0v) is 12.7. The van der Waals surface area contributed by atoms with Crippen molar-refractivity contribution in [2.24, 2.45) is 5.41 Å². The number of phenolic OH excluding ortho intramolecular Hbond substituents is 1. The molecule has 2 nitrogen and oxygen atoms in total. The monoisotopic (exact) mass is 282 g/mol. The van der Waals surface area contributed by atoms with Gasteiger partial charge in [0.25, 0.3) is 0 Å². The summed E-state index contributed by atoms with van der Waals surface area (Å²) in [4.78, 5) is 0. The zero-order chi connectivity index (χ0) is 14.8. The molecule has 0 heterocycles. The third-order valence-corrected chi connectivity index (χ3v) is 6.34. The largest absolute Gasteiger partial charge is 0.508 e. The van der Waals surface area contributed by atoms with Crippen LogP contribution >= 0.6 is 0 Å². The molecule has 2 aliphatic carbocycles. The standard InChI is InChI=1S/C19H22O2/c1-18-9-7-15-14-6-4-13(20)11-12(14)3-5-16(15)17(18)8-10-19(18,2)21/h3-6,11,17,20-21H,7-10H2,1-2H3/t17-,18-,19+/m0/s1. The minimum Gasteiger partial charge on any atom is -0.508 e. The molecular formula is C19H22O2. The van der Waals surface area contributed by atoms with E-state index in [4.69, 9.17) is 0 Å². The van der Waals surface area contributed by atoms with Gasteiger partial charge in [-0.3, -0.25) is 0 Å². The molecule has 21 heavy (non-hydrogen) atoms. The summed E-state index contributed by atoms with van der Waals surface area (Å²) in [7, 11) is 0. The van der Waals surface area contributed by atoms with E-state index in [2.05, 4.69) is 19.1 Å². The minimum atomic E-state index is -0.556. The summed E-state index contributed by atoms with van der Waals surface area (Å²) in [6.07, 6.45) is 4.01. The van der Waals surface area contributed by atoms with Gasteiger partial charge in [-0.05, 0) is 72.6 Å². The number of aryl methyl sites for hydroxylation is 1. The Hall–Kier alpha value is -1.54. The average molecular weight is 282 g/mol. The fourth-order valence-corrected chi connectivity index (χ4v) is 4.74. The molecule has 0 amide bonds. The van der Waals surface area contributed by atoms with Gasteiger partial charge in [0.2, 0.25) is 0 Å². The van der Waals surface area contributed by atoms with Crippen molar-refractivity contribution >= 4 is 10.8 Å². The van der Waals surface area contributed by atoms with Crippen LogP contribution in [0.15, 0.2) is 30.3 Å². The Morgan fingerprint density at radius 1 is 1.10 bits per heavy atom. The highest BCUT2D eigenvalue weighted by atomic mass is 16.3. The number of aromatic hydroxyl groups is 1. The van der Waals surface area contributed by atoms with E-state index in [-0.39, 0.29) is 5.41 Å². The lowest BCUT2D eigenvalue weighted by molar-refractivity contribution is -0.0494. The summed E-state index contributed by atoms with van der Waals surface area (Å²) in [6.45, 7) is 4.27. The lowest BCUT2D eigenvalue weighted by Crippen LogP contribution is -2.44. The Morgan fingerprint density at radius 3 is 2.71 bits per heavy atom. The van der Waals surface area contributed by atoms with Gasteiger partial charge in [0, 0.05) is 5.41 Å². The fraction of sp³-hybridized carbons (Fsp3) is 0.474. The van der Waals surface area contributed by atoms with Crippen LogP contribution in [-0.2, 0) is 6.42 Å². The van der Waals surface area contributed by atoms with Gasteiger partial charge < -0.3 is 10.2 Å². The average Bonchev–Trinajstić information content (AvgIpc) is 2.69. The normalized spacial score (nSPS) is 34.7. The summed E-state index contributed by atoms with van der Waals surface area (Å²) in [5, 5.41) is 22.8. The Labute approximate surface area is 125 Å². The number of aliphatic hydroxyl groups is 1. The summed E-state index contributed by atoms with van der Waals surface area (Å²) in [6, 6.07) is 10.0. The topological polar surface area (TPSA) is 40.5 Å². The molecule has 2 aromatic carbocycles. The molecule has 2 aromatic rings. The molecule has 0 saturated heterocycles. The molecular weight excluding hydrogens is 260 g/mol. The maximum absolute atomic E-state index is 10.8. The van der Waals surface area contributed by atoms with Crippen molar-refractivity contribution < 1.29 is 10.2 Å². The Balaban J connectivity index is 1.92. The molecule has 3 atom stereocenters. The molecule has 1 saturated carbocycles. The van der Waals surface area contributed by atoms with Crippen molar-refractivity contribution in [2.45, 2.75) is 51.0 Å². The molecule has 2 heteroatoms. The lowest BCUT2D eigenvalue weighted by Gasteiger charge is -2.45. The molecule has 2 aliphatic rings. The van der Waals surface area contributed by atoms with Crippen molar-refractivity contribution in [3.63, 3.8) is 0 Å². The number of phenols is 1. The first-order valence-electron chi connectivity index (χ1n) is 7.89. The summed E-state index contributed by atoms with van der Waals surface area (Å²) in [5.74, 6) is 0.779. The molecule has 0 radical (unpaired) electrons. The molecule has 0 aliphatic heterocycles. The van der Waals surface area contributed by atoms with Crippen LogP contribution in [0.1, 0.15) is 50.2 Å². The minimum absolute atomic E-state index is 0.00933. The van der Waals surface area contributed by atoms with Gasteiger partial charge in [0.05, 0.1) is 5.60 Å². The van der Waals surface area contributed by atoms with E-state index in [9.17, 15) is 10.2 Å². The Bertz CT molecular complexity index is 732. The van der Waals surface area contributed by atoms with Crippen molar-refractivity contribution in [3.8, 4) is 5.75 Å². The molecule has 2 N–H and O–H groups in total. The van der Waals surface area contributed by atoms with Crippen molar-refractivity contribution in [2.75, 3.05) is 0 Å². The molecule has 1 fully saturated rings. The molecule has 0 bridgehead atoms. The van der Waals surface area contributed by atoms with Crippen molar-refractivity contribution in [3.05, 3.63) is 41.5 Å². The third kappa shape index (κ3) is 1.63. The Kier molecular flexibility index (Phi) is 2.51. The third-order valence-electron chi connectivity index (χ3n) is 6.34. The molecule has 0 spiro atoms. The van der Waals surface area contributed by atoms with Crippen molar-refractivity contribution in [1.29, 1.82) is 0 Å². The second-order valence-corrected chi connectivity index (χ2v) is 7.32. The maximum Gasteiger partial charge on any atom is 0.116 e. The number of fused-ring (bicyclic) bond motifs is 5. The van der Waals surface area contributed by atoms with Crippen LogP contribution in [0, 0.1) is 5.41 Å². The van der Waals surface area contributed by atoms with Crippen LogP contribution in [0.2, 0.25) is 0 Å². The van der Waals surface area contributed by atoms with E-state index in [0.29, 0.717) is 11.7 Å². The highest BCUT2D eigenvalue weighted by Gasteiger charge is 2.55. The second-order valence-electron chi connectivity index (χ2n) is 7.32. The van der Waals surface area contributed by atoms with E-state index >= 15 is 0 Å². The molecule has 4 rings (SSSR count). The van der Waals surface area contributed by atoms with Crippen LogP contribution < -0.4 is 0 Å². The van der Waals surface area contributed by atoms with E-state index < -0.39 is 5.60 Å².